The van der Waals surface area contributed by atoms with Crippen LogP contribution in [0, 0.1) is 6.92 Å². The number of para-hydroxylation sites is 2. The van der Waals surface area contributed by atoms with Crippen molar-refractivity contribution in [3.05, 3.63) is 65.7 Å². The second-order valence-corrected chi connectivity index (χ2v) is 8.75. The molecule has 186 valence electrons. The summed E-state index contributed by atoms with van der Waals surface area (Å²) in [5, 5.41) is 19.5. The van der Waals surface area contributed by atoms with Crippen LogP contribution in [-0.2, 0) is 0 Å². The van der Waals surface area contributed by atoms with Gasteiger partial charge in [-0.15, -0.1) is 0 Å². The monoisotopic (exact) mass is 487 g/mol. The van der Waals surface area contributed by atoms with Gasteiger partial charge >= 0.3 is 6.09 Å². The number of fused-ring (bicyclic) bond motifs is 2. The van der Waals surface area contributed by atoms with Crippen LogP contribution >= 0.6 is 0 Å². The van der Waals surface area contributed by atoms with Crippen LogP contribution < -0.4 is 20.7 Å². The minimum absolute atomic E-state index is 0.210. The molecule has 0 bridgehead atoms. The molecule has 9 nitrogen and oxygen atoms in total. The average Bonchev–Trinajstić information content (AvgIpc) is 2.82. The van der Waals surface area contributed by atoms with Crippen LogP contribution in [0.3, 0.4) is 0 Å². The number of likely N-dealkylation sites (N-methyl/N-ethyl adjacent to an activating group) is 1. The van der Waals surface area contributed by atoms with Crippen molar-refractivity contribution >= 4 is 50.9 Å². The van der Waals surface area contributed by atoms with Gasteiger partial charge in [-0.3, -0.25) is 10.1 Å². The van der Waals surface area contributed by atoms with Gasteiger partial charge in [0, 0.05) is 35.2 Å². The summed E-state index contributed by atoms with van der Waals surface area (Å²) >= 11 is 0. The van der Waals surface area contributed by atoms with E-state index in [1.54, 1.807) is 25.3 Å². The second-order valence-electron chi connectivity index (χ2n) is 8.75. The molecule has 2 amide bonds. The number of carbonyl (C=O) groups excluding carboxylic acids is 1. The van der Waals surface area contributed by atoms with Gasteiger partial charge in [-0.1, -0.05) is 24.3 Å². The largest absolute Gasteiger partial charge is 0.494 e. The number of hydrogen-bond acceptors (Lipinski definition) is 6. The fourth-order valence-electron chi connectivity index (χ4n) is 4.13. The minimum Gasteiger partial charge on any atom is -0.494 e. The molecule has 0 aliphatic carbocycles. The van der Waals surface area contributed by atoms with Crippen LogP contribution in [0.1, 0.15) is 15.9 Å². The number of methoxy groups -OCH3 is 1. The second kappa shape index (κ2) is 10.5. The summed E-state index contributed by atoms with van der Waals surface area (Å²) in [6.45, 7) is 3.11. The van der Waals surface area contributed by atoms with Crippen molar-refractivity contribution in [3.8, 4) is 5.75 Å². The molecule has 0 fully saturated rings. The Hall–Kier alpha value is -4.37. The smallest absolute Gasteiger partial charge is 0.409 e. The highest BCUT2D eigenvalue weighted by molar-refractivity contribution is 6.15. The molecular weight excluding hydrogens is 458 g/mol. The summed E-state index contributed by atoms with van der Waals surface area (Å²) in [5.74, 6) is 0.372. The molecule has 4 aromatic rings. The van der Waals surface area contributed by atoms with E-state index < -0.39 is 6.09 Å². The maximum Gasteiger partial charge on any atom is 0.409 e. The molecule has 0 aliphatic rings. The third-order valence-electron chi connectivity index (χ3n) is 5.70. The number of aryl methyl sites for hydroxylation is 1. The zero-order valence-electron chi connectivity index (χ0n) is 20.7. The third kappa shape index (κ3) is 5.31. The van der Waals surface area contributed by atoms with Crippen LogP contribution in [0.25, 0.3) is 21.8 Å². The lowest BCUT2D eigenvalue weighted by molar-refractivity contribution is 0.0952. The quantitative estimate of drug-likeness (QED) is 0.263. The van der Waals surface area contributed by atoms with Gasteiger partial charge in [-0.05, 0) is 56.9 Å². The number of aromatic nitrogens is 1. The Balaban J connectivity index is 1.89. The SMILES string of the molecule is COc1cccc2c(Nc3cc(C)cc(NC(=O)O)c3)c3cccc(C(=O)NCCN(C)C)c3nc12. The Bertz CT molecular complexity index is 1450. The van der Waals surface area contributed by atoms with Crippen molar-refractivity contribution in [2.45, 2.75) is 6.92 Å². The molecule has 1 heterocycles. The third-order valence-corrected chi connectivity index (χ3v) is 5.70. The predicted octanol–water partition coefficient (Wildman–Crippen LogP) is 4.83. The lowest BCUT2D eigenvalue weighted by Gasteiger charge is -2.17. The van der Waals surface area contributed by atoms with Gasteiger partial charge in [-0.25, -0.2) is 9.78 Å². The van der Waals surface area contributed by atoms with Crippen molar-refractivity contribution in [3.63, 3.8) is 0 Å². The fraction of sp³-hybridized carbons (Fsp3) is 0.222. The lowest BCUT2D eigenvalue weighted by atomic mass is 10.0. The zero-order valence-corrected chi connectivity index (χ0v) is 20.7. The van der Waals surface area contributed by atoms with Gasteiger partial charge < -0.3 is 25.4 Å². The molecule has 0 saturated carbocycles. The number of rotatable bonds is 8. The van der Waals surface area contributed by atoms with Gasteiger partial charge in [0.25, 0.3) is 5.91 Å². The predicted molar refractivity (Wildman–Crippen MR) is 143 cm³/mol. The minimum atomic E-state index is -1.14. The highest BCUT2D eigenvalue weighted by Crippen LogP contribution is 2.38. The van der Waals surface area contributed by atoms with Crippen molar-refractivity contribution in [2.24, 2.45) is 0 Å². The number of amides is 2. The first kappa shape index (κ1) is 24.7. The molecule has 4 rings (SSSR count). The van der Waals surface area contributed by atoms with Gasteiger partial charge in [0.1, 0.15) is 11.3 Å². The number of anilines is 3. The molecular formula is C27H29N5O4. The molecule has 9 heteroatoms. The molecule has 0 radical (unpaired) electrons. The van der Waals surface area contributed by atoms with Crippen molar-refractivity contribution in [2.75, 3.05) is 44.9 Å². The van der Waals surface area contributed by atoms with E-state index in [2.05, 4.69) is 16.0 Å². The molecule has 0 unspecified atom stereocenters. The number of hydrogen-bond donors (Lipinski definition) is 4. The highest BCUT2D eigenvalue weighted by Gasteiger charge is 2.18. The van der Waals surface area contributed by atoms with E-state index in [9.17, 15) is 9.59 Å². The van der Waals surface area contributed by atoms with Crippen LogP contribution in [0.15, 0.2) is 54.6 Å². The van der Waals surface area contributed by atoms with Crippen LogP contribution in [0.5, 0.6) is 5.75 Å². The molecule has 0 spiro atoms. The Labute approximate surface area is 209 Å². The standard InChI is InChI=1S/C27H29N5O4/c1-16-13-17(15-18(14-16)30-27(34)35)29-23-19-7-5-9-21(26(33)28-11-12-32(2)3)24(19)31-25-20(23)8-6-10-22(25)36-4/h5-10,13-15,30H,11-12H2,1-4H3,(H,28,33)(H,29,31)(H,34,35). The maximum absolute atomic E-state index is 13.1. The first-order valence-electron chi connectivity index (χ1n) is 11.5. The summed E-state index contributed by atoms with van der Waals surface area (Å²) in [6.07, 6.45) is -1.14. The number of nitrogens with zero attached hydrogens (tertiary/aromatic N) is 2. The van der Waals surface area contributed by atoms with Gasteiger partial charge in [-0.2, -0.15) is 0 Å². The van der Waals surface area contributed by atoms with E-state index in [-0.39, 0.29) is 5.91 Å². The molecule has 36 heavy (non-hydrogen) atoms. The zero-order chi connectivity index (χ0) is 25.8. The van der Waals surface area contributed by atoms with Crippen LogP contribution in [-0.4, -0.2) is 61.3 Å². The fourth-order valence-corrected chi connectivity index (χ4v) is 4.13. The summed E-state index contributed by atoms with van der Waals surface area (Å²) in [5.41, 5.74) is 4.37. The molecule has 0 saturated heterocycles. The van der Waals surface area contributed by atoms with E-state index in [1.165, 1.54) is 0 Å². The number of pyridine rings is 1. The summed E-state index contributed by atoms with van der Waals surface area (Å²) < 4.78 is 5.58. The summed E-state index contributed by atoms with van der Waals surface area (Å²) in [4.78, 5) is 31.2. The van der Waals surface area contributed by atoms with Crippen molar-refractivity contribution in [1.82, 2.24) is 15.2 Å². The number of ether oxygens (including phenoxy) is 1. The molecule has 0 aliphatic heterocycles. The Morgan fingerprint density at radius 1 is 1.00 bits per heavy atom. The van der Waals surface area contributed by atoms with E-state index in [4.69, 9.17) is 14.8 Å². The Kier molecular flexibility index (Phi) is 7.21. The summed E-state index contributed by atoms with van der Waals surface area (Å²) in [6, 6.07) is 16.5. The molecule has 3 aromatic carbocycles. The normalized spacial score (nSPS) is 11.0. The van der Waals surface area contributed by atoms with E-state index in [1.807, 2.05) is 62.3 Å². The number of nitrogens with one attached hydrogen (secondary N) is 3. The molecule has 4 N–H and O–H groups in total. The van der Waals surface area contributed by atoms with Crippen LogP contribution in [0.4, 0.5) is 21.9 Å². The van der Waals surface area contributed by atoms with Gasteiger partial charge in [0.2, 0.25) is 0 Å². The van der Waals surface area contributed by atoms with E-state index in [0.717, 1.165) is 22.0 Å². The maximum atomic E-state index is 13.1. The summed E-state index contributed by atoms with van der Waals surface area (Å²) in [7, 11) is 5.48. The van der Waals surface area contributed by atoms with Crippen molar-refractivity contribution < 1.29 is 19.4 Å². The van der Waals surface area contributed by atoms with Gasteiger partial charge in [0.15, 0.2) is 0 Å². The average molecular weight is 488 g/mol. The first-order chi connectivity index (χ1) is 17.3. The van der Waals surface area contributed by atoms with E-state index in [0.29, 0.717) is 46.8 Å². The topological polar surface area (TPSA) is 116 Å². The van der Waals surface area contributed by atoms with Crippen molar-refractivity contribution in [1.29, 1.82) is 0 Å². The Morgan fingerprint density at radius 3 is 2.39 bits per heavy atom. The number of carbonyl (C=O) groups is 2. The van der Waals surface area contributed by atoms with Gasteiger partial charge in [0.05, 0.1) is 23.9 Å². The molecule has 1 aromatic heterocycles. The van der Waals surface area contributed by atoms with Crippen LogP contribution in [0.2, 0.25) is 0 Å². The number of carboxylic acid groups (broad SMARTS) is 1. The molecule has 0 atom stereocenters. The lowest BCUT2D eigenvalue weighted by Crippen LogP contribution is -2.31. The Morgan fingerprint density at radius 2 is 1.69 bits per heavy atom. The first-order valence-corrected chi connectivity index (χ1v) is 11.5. The number of benzene rings is 3. The van der Waals surface area contributed by atoms with E-state index >= 15 is 0 Å². The highest BCUT2D eigenvalue weighted by atomic mass is 16.5.